The Balaban J connectivity index is 2.35. The summed E-state index contributed by atoms with van der Waals surface area (Å²) in [5, 5.41) is 3.80. The molecule has 2 rings (SSSR count). The van der Waals surface area contributed by atoms with Gasteiger partial charge in [-0.2, -0.15) is 4.98 Å². The van der Waals surface area contributed by atoms with Crippen molar-refractivity contribution >= 4 is 0 Å². The first-order chi connectivity index (χ1) is 9.52. The summed E-state index contributed by atoms with van der Waals surface area (Å²) in [6, 6.07) is 1.38. The minimum Gasteiger partial charge on any atom is -0.339 e. The number of hydrogen-bond donors (Lipinski definition) is 0. The van der Waals surface area contributed by atoms with Gasteiger partial charge in [-0.15, -0.1) is 0 Å². The van der Waals surface area contributed by atoms with Crippen LogP contribution in [0.5, 0.6) is 0 Å². The standard InChI is InChI=1S/C13H18N4O3/c1-4-6-16-7-5-11(18)17(13(16)19)8-10-14-12(9(2)3)20-15-10/h5,7,9H,4,6,8H2,1-3H3. The zero-order valence-corrected chi connectivity index (χ0v) is 11.9. The molecule has 7 heteroatoms. The fraction of sp³-hybridized carbons (Fsp3) is 0.538. The molecule has 0 amide bonds. The Morgan fingerprint density at radius 1 is 1.35 bits per heavy atom. The maximum absolute atomic E-state index is 12.2. The molecule has 2 aromatic heterocycles. The third kappa shape index (κ3) is 2.87. The van der Waals surface area contributed by atoms with E-state index in [1.807, 2.05) is 20.8 Å². The van der Waals surface area contributed by atoms with Crippen molar-refractivity contribution in [2.24, 2.45) is 0 Å². The first-order valence-electron chi connectivity index (χ1n) is 6.65. The lowest BCUT2D eigenvalue weighted by molar-refractivity contribution is 0.359. The van der Waals surface area contributed by atoms with Crippen LogP contribution in [-0.4, -0.2) is 19.3 Å². The van der Waals surface area contributed by atoms with E-state index in [-0.39, 0.29) is 23.7 Å². The average molecular weight is 278 g/mol. The maximum atomic E-state index is 12.2. The van der Waals surface area contributed by atoms with Gasteiger partial charge >= 0.3 is 5.69 Å². The molecule has 0 radical (unpaired) electrons. The Bertz CT molecular complexity index is 696. The Labute approximate surface area is 115 Å². The highest BCUT2D eigenvalue weighted by Crippen LogP contribution is 2.10. The van der Waals surface area contributed by atoms with Gasteiger partial charge in [-0.3, -0.25) is 9.36 Å². The van der Waals surface area contributed by atoms with E-state index in [9.17, 15) is 9.59 Å². The highest BCUT2D eigenvalue weighted by atomic mass is 16.5. The van der Waals surface area contributed by atoms with Gasteiger partial charge in [0.05, 0.1) is 6.54 Å². The minimum atomic E-state index is -0.363. The number of aryl methyl sites for hydroxylation is 1. The topological polar surface area (TPSA) is 82.9 Å². The van der Waals surface area contributed by atoms with Gasteiger partial charge < -0.3 is 9.09 Å². The van der Waals surface area contributed by atoms with Crippen LogP contribution in [0.4, 0.5) is 0 Å². The second kappa shape index (κ2) is 5.85. The highest BCUT2D eigenvalue weighted by molar-refractivity contribution is 4.94. The summed E-state index contributed by atoms with van der Waals surface area (Å²) in [6.45, 7) is 6.43. The largest absolute Gasteiger partial charge is 0.339 e. The molecule has 7 nitrogen and oxygen atoms in total. The van der Waals surface area contributed by atoms with Crippen LogP contribution >= 0.6 is 0 Å². The fourth-order valence-electron chi connectivity index (χ4n) is 1.82. The number of aromatic nitrogens is 4. The number of hydrogen-bond acceptors (Lipinski definition) is 5. The van der Waals surface area contributed by atoms with Crippen LogP contribution in [0.15, 0.2) is 26.4 Å². The smallest absolute Gasteiger partial charge is 0.331 e. The molecule has 2 aromatic rings. The molecule has 0 atom stereocenters. The van der Waals surface area contributed by atoms with Crippen LogP contribution in [0.3, 0.4) is 0 Å². The van der Waals surface area contributed by atoms with Crippen molar-refractivity contribution in [1.29, 1.82) is 0 Å². The molecule has 0 aromatic carbocycles. The average Bonchev–Trinajstić information content (AvgIpc) is 2.87. The first kappa shape index (κ1) is 14.2. The summed E-state index contributed by atoms with van der Waals surface area (Å²) >= 11 is 0. The van der Waals surface area contributed by atoms with Gasteiger partial charge in [-0.05, 0) is 6.42 Å². The molecule has 0 aliphatic carbocycles. The molecule has 0 saturated carbocycles. The van der Waals surface area contributed by atoms with Crippen molar-refractivity contribution in [3.05, 3.63) is 44.8 Å². The van der Waals surface area contributed by atoms with Crippen LogP contribution < -0.4 is 11.2 Å². The van der Waals surface area contributed by atoms with Crippen molar-refractivity contribution in [1.82, 2.24) is 19.3 Å². The molecule has 0 fully saturated rings. The monoisotopic (exact) mass is 278 g/mol. The van der Waals surface area contributed by atoms with E-state index in [4.69, 9.17) is 4.52 Å². The zero-order chi connectivity index (χ0) is 14.7. The van der Waals surface area contributed by atoms with E-state index in [0.29, 0.717) is 18.3 Å². The van der Waals surface area contributed by atoms with E-state index in [2.05, 4.69) is 10.1 Å². The lowest BCUT2D eigenvalue weighted by atomic mass is 10.2. The number of rotatable bonds is 5. The molecular formula is C13H18N4O3. The van der Waals surface area contributed by atoms with Crippen LogP contribution in [0, 0.1) is 0 Å². The Hall–Kier alpha value is -2.18. The molecule has 0 spiro atoms. The Morgan fingerprint density at radius 3 is 2.70 bits per heavy atom. The van der Waals surface area contributed by atoms with Gasteiger partial charge in [0, 0.05) is 24.7 Å². The van der Waals surface area contributed by atoms with Crippen molar-refractivity contribution in [3.63, 3.8) is 0 Å². The van der Waals surface area contributed by atoms with E-state index in [0.717, 1.165) is 11.0 Å². The minimum absolute atomic E-state index is 0.0262. The summed E-state index contributed by atoms with van der Waals surface area (Å²) < 4.78 is 7.69. The molecule has 0 saturated heterocycles. The zero-order valence-electron chi connectivity index (χ0n) is 11.9. The number of nitrogens with zero attached hydrogens (tertiary/aromatic N) is 4. The Kier molecular flexibility index (Phi) is 4.16. The van der Waals surface area contributed by atoms with Crippen LogP contribution in [0.25, 0.3) is 0 Å². The summed E-state index contributed by atoms with van der Waals surface area (Å²) in [4.78, 5) is 28.1. The van der Waals surface area contributed by atoms with E-state index in [1.54, 1.807) is 0 Å². The third-order valence-corrected chi connectivity index (χ3v) is 2.88. The van der Waals surface area contributed by atoms with E-state index >= 15 is 0 Å². The van der Waals surface area contributed by atoms with Gasteiger partial charge in [0.1, 0.15) is 0 Å². The van der Waals surface area contributed by atoms with Crippen molar-refractivity contribution in [2.75, 3.05) is 0 Å². The summed E-state index contributed by atoms with van der Waals surface area (Å²) in [5.41, 5.74) is -0.714. The molecular weight excluding hydrogens is 260 g/mol. The fourth-order valence-corrected chi connectivity index (χ4v) is 1.82. The van der Waals surface area contributed by atoms with Gasteiger partial charge in [0.15, 0.2) is 5.82 Å². The first-order valence-corrected chi connectivity index (χ1v) is 6.65. The molecule has 20 heavy (non-hydrogen) atoms. The van der Waals surface area contributed by atoms with Crippen molar-refractivity contribution < 1.29 is 4.52 Å². The van der Waals surface area contributed by atoms with Gasteiger partial charge in [0.25, 0.3) is 5.56 Å². The van der Waals surface area contributed by atoms with Crippen LogP contribution in [0.1, 0.15) is 44.8 Å². The highest BCUT2D eigenvalue weighted by Gasteiger charge is 2.12. The van der Waals surface area contributed by atoms with Crippen molar-refractivity contribution in [3.8, 4) is 0 Å². The van der Waals surface area contributed by atoms with Crippen molar-refractivity contribution in [2.45, 2.75) is 46.2 Å². The van der Waals surface area contributed by atoms with E-state index < -0.39 is 0 Å². The summed E-state index contributed by atoms with van der Waals surface area (Å²) in [6.07, 6.45) is 2.33. The molecule has 108 valence electrons. The molecule has 0 bridgehead atoms. The normalized spacial score (nSPS) is 11.2. The van der Waals surface area contributed by atoms with Gasteiger partial charge in [0.2, 0.25) is 5.89 Å². The predicted octanol–water partition coefficient (Wildman–Crippen LogP) is 0.975. The van der Waals surface area contributed by atoms with Crippen LogP contribution in [-0.2, 0) is 13.1 Å². The van der Waals surface area contributed by atoms with Gasteiger partial charge in [-0.1, -0.05) is 25.9 Å². The predicted molar refractivity (Wildman–Crippen MR) is 72.7 cm³/mol. The van der Waals surface area contributed by atoms with E-state index in [1.165, 1.54) is 16.8 Å². The Morgan fingerprint density at radius 2 is 2.10 bits per heavy atom. The lowest BCUT2D eigenvalue weighted by Crippen LogP contribution is -2.39. The summed E-state index contributed by atoms with van der Waals surface area (Å²) in [7, 11) is 0. The SMILES string of the molecule is CCCn1ccc(=O)n(Cc2noc(C(C)C)n2)c1=O. The van der Waals surface area contributed by atoms with Gasteiger partial charge in [-0.25, -0.2) is 4.79 Å². The molecule has 0 unspecified atom stereocenters. The molecule has 0 N–H and O–H groups in total. The third-order valence-electron chi connectivity index (χ3n) is 2.88. The lowest BCUT2D eigenvalue weighted by Gasteiger charge is -2.06. The van der Waals surface area contributed by atoms with Crippen LogP contribution in [0.2, 0.25) is 0 Å². The quantitative estimate of drug-likeness (QED) is 0.814. The molecule has 2 heterocycles. The summed E-state index contributed by atoms with van der Waals surface area (Å²) in [5.74, 6) is 0.945. The second-order valence-corrected chi connectivity index (χ2v) is 4.92. The molecule has 0 aliphatic heterocycles. The molecule has 0 aliphatic rings. The second-order valence-electron chi connectivity index (χ2n) is 4.92. The maximum Gasteiger partial charge on any atom is 0.331 e.